The quantitative estimate of drug-likeness (QED) is 0.660. The zero-order valence-corrected chi connectivity index (χ0v) is 15.3. The first-order valence-corrected chi connectivity index (χ1v) is 8.67. The number of aromatic nitrogens is 1. The maximum atomic E-state index is 12.2. The second-order valence-corrected chi connectivity index (χ2v) is 6.87. The molecule has 5 heteroatoms. The van der Waals surface area contributed by atoms with E-state index in [-0.39, 0.29) is 17.5 Å². The summed E-state index contributed by atoms with van der Waals surface area (Å²) in [7, 11) is 0. The summed E-state index contributed by atoms with van der Waals surface area (Å²) in [5, 5.41) is 12.9. The van der Waals surface area contributed by atoms with Crippen LogP contribution in [0.5, 0.6) is 0 Å². The van der Waals surface area contributed by atoms with Crippen LogP contribution in [-0.2, 0) is 4.79 Å². The molecule has 1 aromatic heterocycles. The van der Waals surface area contributed by atoms with Gasteiger partial charge < -0.3 is 9.88 Å². The van der Waals surface area contributed by atoms with E-state index < -0.39 is 0 Å². The van der Waals surface area contributed by atoms with E-state index in [0.717, 1.165) is 41.0 Å². The highest BCUT2D eigenvalue weighted by atomic mass is 35.5. The third-order valence-electron chi connectivity index (χ3n) is 4.53. The number of aryl methyl sites for hydroxylation is 1. The summed E-state index contributed by atoms with van der Waals surface area (Å²) in [5.41, 5.74) is 4.98. The van der Waals surface area contributed by atoms with Crippen molar-refractivity contribution in [2.24, 2.45) is 0 Å². The van der Waals surface area contributed by atoms with Crippen molar-refractivity contribution in [2.45, 2.75) is 39.7 Å². The molecule has 3 rings (SSSR count). The number of nitriles is 1. The van der Waals surface area contributed by atoms with Crippen LogP contribution in [0.2, 0.25) is 5.02 Å². The largest absolute Gasteiger partial charge is 0.349 e. The van der Waals surface area contributed by atoms with Gasteiger partial charge in [0.25, 0.3) is 5.91 Å². The molecular formula is C20H20ClN3O. The molecule has 1 heterocycles. The minimum atomic E-state index is -0.297. The van der Waals surface area contributed by atoms with Gasteiger partial charge in [0.2, 0.25) is 0 Å². The molecule has 0 bridgehead atoms. The topological polar surface area (TPSA) is 57.8 Å². The fourth-order valence-electron chi connectivity index (χ4n) is 2.94. The minimum Gasteiger partial charge on any atom is -0.349 e. The molecule has 2 aromatic rings. The fourth-order valence-corrected chi connectivity index (χ4v) is 3.11. The van der Waals surface area contributed by atoms with Gasteiger partial charge in [-0.2, -0.15) is 5.26 Å². The van der Waals surface area contributed by atoms with Crippen molar-refractivity contribution >= 4 is 23.6 Å². The number of rotatable bonds is 4. The van der Waals surface area contributed by atoms with Crippen LogP contribution in [0.4, 0.5) is 0 Å². The predicted octanol–water partition coefficient (Wildman–Crippen LogP) is 4.24. The van der Waals surface area contributed by atoms with E-state index >= 15 is 0 Å². The van der Waals surface area contributed by atoms with Crippen molar-refractivity contribution in [3.05, 3.63) is 57.4 Å². The summed E-state index contributed by atoms with van der Waals surface area (Å²) >= 11 is 6.26. The van der Waals surface area contributed by atoms with Crippen LogP contribution < -0.4 is 5.32 Å². The van der Waals surface area contributed by atoms with Gasteiger partial charge in [0.1, 0.15) is 11.6 Å². The molecule has 1 saturated carbocycles. The Labute approximate surface area is 152 Å². The molecule has 25 heavy (non-hydrogen) atoms. The lowest BCUT2D eigenvalue weighted by Gasteiger charge is -2.13. The Kier molecular flexibility index (Phi) is 4.69. The Morgan fingerprint density at radius 1 is 1.36 bits per heavy atom. The number of benzene rings is 1. The van der Waals surface area contributed by atoms with Crippen LogP contribution in [0.25, 0.3) is 11.8 Å². The SMILES string of the molecule is Cc1c(Cl)cccc1-n1c(C)cc(C=C(C#N)C(=O)NC2CC2)c1C. The highest BCUT2D eigenvalue weighted by molar-refractivity contribution is 6.31. The third kappa shape index (κ3) is 3.47. The van der Waals surface area contributed by atoms with Crippen LogP contribution in [-0.4, -0.2) is 16.5 Å². The van der Waals surface area contributed by atoms with Gasteiger partial charge in [-0.05, 0) is 69.0 Å². The second kappa shape index (κ2) is 6.78. The first-order chi connectivity index (χ1) is 11.9. The van der Waals surface area contributed by atoms with Gasteiger partial charge in [-0.25, -0.2) is 0 Å². The molecule has 128 valence electrons. The zero-order valence-electron chi connectivity index (χ0n) is 14.6. The van der Waals surface area contributed by atoms with E-state index in [2.05, 4.69) is 9.88 Å². The molecule has 1 aliphatic rings. The molecule has 1 aromatic carbocycles. The smallest absolute Gasteiger partial charge is 0.262 e. The molecule has 0 aliphatic heterocycles. The minimum absolute atomic E-state index is 0.134. The molecule has 1 fully saturated rings. The average Bonchev–Trinajstić information content (AvgIpc) is 3.34. The Morgan fingerprint density at radius 2 is 2.08 bits per heavy atom. The first kappa shape index (κ1) is 17.3. The van der Waals surface area contributed by atoms with Crippen molar-refractivity contribution in [3.8, 4) is 11.8 Å². The van der Waals surface area contributed by atoms with Crippen LogP contribution >= 0.6 is 11.6 Å². The zero-order chi connectivity index (χ0) is 18.1. The van der Waals surface area contributed by atoms with E-state index in [1.54, 1.807) is 6.08 Å². The van der Waals surface area contributed by atoms with E-state index in [4.69, 9.17) is 11.6 Å². The van der Waals surface area contributed by atoms with Gasteiger partial charge in [0.15, 0.2) is 0 Å². The number of nitrogens with one attached hydrogen (secondary N) is 1. The van der Waals surface area contributed by atoms with Crippen LogP contribution in [0.15, 0.2) is 29.8 Å². The van der Waals surface area contributed by atoms with Crippen molar-refractivity contribution < 1.29 is 4.79 Å². The number of hydrogen-bond donors (Lipinski definition) is 1. The predicted molar refractivity (Wildman–Crippen MR) is 99.7 cm³/mol. The molecular weight excluding hydrogens is 334 g/mol. The highest BCUT2D eigenvalue weighted by Crippen LogP contribution is 2.28. The van der Waals surface area contributed by atoms with Gasteiger partial charge in [0, 0.05) is 28.1 Å². The van der Waals surface area contributed by atoms with Crippen molar-refractivity contribution in [1.82, 2.24) is 9.88 Å². The molecule has 1 N–H and O–H groups in total. The number of carbonyl (C=O) groups is 1. The Bertz CT molecular complexity index is 914. The summed E-state index contributed by atoms with van der Waals surface area (Å²) < 4.78 is 2.10. The lowest BCUT2D eigenvalue weighted by atomic mass is 10.1. The lowest BCUT2D eigenvalue weighted by molar-refractivity contribution is -0.117. The molecule has 0 spiro atoms. The van der Waals surface area contributed by atoms with E-state index in [1.165, 1.54) is 0 Å². The monoisotopic (exact) mass is 353 g/mol. The summed E-state index contributed by atoms with van der Waals surface area (Å²) in [6.07, 6.45) is 3.65. The summed E-state index contributed by atoms with van der Waals surface area (Å²) in [6.45, 7) is 5.96. The number of carbonyl (C=O) groups excluding carboxylic acids is 1. The molecule has 0 atom stereocenters. The van der Waals surface area contributed by atoms with Crippen molar-refractivity contribution in [3.63, 3.8) is 0 Å². The molecule has 1 amide bonds. The molecule has 0 saturated heterocycles. The second-order valence-electron chi connectivity index (χ2n) is 6.46. The standard InChI is InChI=1S/C20H20ClN3O/c1-12-9-15(10-16(11-22)20(25)23-17-7-8-17)14(3)24(12)19-6-4-5-18(21)13(19)2/h4-6,9-10,17H,7-8H2,1-3H3,(H,23,25). The summed E-state index contributed by atoms with van der Waals surface area (Å²) in [6, 6.07) is 10.0. The Morgan fingerprint density at radius 3 is 2.72 bits per heavy atom. The van der Waals surface area contributed by atoms with E-state index in [9.17, 15) is 10.1 Å². The van der Waals surface area contributed by atoms with Crippen LogP contribution in [0.1, 0.15) is 35.4 Å². The average molecular weight is 354 g/mol. The maximum Gasteiger partial charge on any atom is 0.262 e. The number of hydrogen-bond acceptors (Lipinski definition) is 2. The summed E-state index contributed by atoms with van der Waals surface area (Å²) in [4.78, 5) is 12.2. The first-order valence-electron chi connectivity index (χ1n) is 8.29. The molecule has 0 unspecified atom stereocenters. The summed E-state index contributed by atoms with van der Waals surface area (Å²) in [5.74, 6) is -0.297. The van der Waals surface area contributed by atoms with Gasteiger partial charge in [-0.15, -0.1) is 0 Å². The van der Waals surface area contributed by atoms with Gasteiger partial charge in [-0.1, -0.05) is 17.7 Å². The van der Waals surface area contributed by atoms with Crippen molar-refractivity contribution in [1.29, 1.82) is 5.26 Å². The number of halogens is 1. The normalized spacial score (nSPS) is 14.3. The van der Waals surface area contributed by atoms with Crippen LogP contribution in [0.3, 0.4) is 0 Å². The third-order valence-corrected chi connectivity index (χ3v) is 4.94. The number of nitrogens with zero attached hydrogens (tertiary/aromatic N) is 2. The lowest BCUT2D eigenvalue weighted by Crippen LogP contribution is -2.26. The number of amides is 1. The maximum absolute atomic E-state index is 12.2. The molecule has 0 radical (unpaired) electrons. The van der Waals surface area contributed by atoms with Gasteiger partial charge in [0.05, 0.1) is 0 Å². The Hall–Kier alpha value is -2.51. The van der Waals surface area contributed by atoms with Crippen LogP contribution in [0, 0.1) is 32.1 Å². The van der Waals surface area contributed by atoms with Crippen molar-refractivity contribution in [2.75, 3.05) is 0 Å². The van der Waals surface area contributed by atoms with Gasteiger partial charge >= 0.3 is 0 Å². The Balaban J connectivity index is 2.02. The van der Waals surface area contributed by atoms with E-state index in [0.29, 0.717) is 5.02 Å². The molecule has 4 nitrogen and oxygen atoms in total. The fraction of sp³-hybridized carbons (Fsp3) is 0.300. The van der Waals surface area contributed by atoms with Gasteiger partial charge in [-0.3, -0.25) is 4.79 Å². The highest BCUT2D eigenvalue weighted by Gasteiger charge is 2.25. The van der Waals surface area contributed by atoms with E-state index in [1.807, 2.05) is 51.1 Å². The molecule has 1 aliphatic carbocycles.